The van der Waals surface area contributed by atoms with Gasteiger partial charge >= 0.3 is 18.2 Å². The Bertz CT molecular complexity index is 1100. The van der Waals surface area contributed by atoms with Crippen molar-refractivity contribution in [1.29, 1.82) is 0 Å². The van der Waals surface area contributed by atoms with Gasteiger partial charge in [0.2, 0.25) is 5.82 Å². The van der Waals surface area contributed by atoms with E-state index in [1.165, 1.54) is 49.7 Å². The number of carbonyl (C=O) groups excluding carboxylic acids is 1. The van der Waals surface area contributed by atoms with Crippen LogP contribution in [0, 0.1) is 0 Å². The molecule has 3 rings (SSSR count). The summed E-state index contributed by atoms with van der Waals surface area (Å²) in [6.45, 7) is 0. The lowest BCUT2D eigenvalue weighted by Gasteiger charge is -2.15. The Morgan fingerprint density at radius 1 is 1.00 bits per heavy atom. The van der Waals surface area contributed by atoms with Crippen molar-refractivity contribution < 1.29 is 35.7 Å². The third-order valence-electron chi connectivity index (χ3n) is 3.97. The van der Waals surface area contributed by atoms with Gasteiger partial charge in [-0.25, -0.2) is 5.01 Å². The zero-order chi connectivity index (χ0) is 22.8. The Labute approximate surface area is 170 Å². The van der Waals surface area contributed by atoms with Crippen molar-refractivity contribution in [2.24, 2.45) is 5.10 Å². The third-order valence-corrected chi connectivity index (χ3v) is 3.97. The lowest BCUT2D eigenvalue weighted by atomic mass is 10.1. The minimum absolute atomic E-state index is 0.236. The van der Waals surface area contributed by atoms with E-state index in [0.717, 1.165) is 17.1 Å². The molecule has 0 saturated heterocycles. The van der Waals surface area contributed by atoms with Gasteiger partial charge in [0.1, 0.15) is 0 Å². The normalized spacial score (nSPS) is 12.4. The van der Waals surface area contributed by atoms with Gasteiger partial charge in [0.05, 0.1) is 17.3 Å². The predicted octanol–water partition coefficient (Wildman–Crippen LogP) is 4.88. The van der Waals surface area contributed by atoms with Crippen molar-refractivity contribution >= 4 is 12.1 Å². The molecule has 0 saturated carbocycles. The molecule has 2 aromatic carbocycles. The van der Waals surface area contributed by atoms with Crippen molar-refractivity contribution in [1.82, 2.24) is 15.1 Å². The summed E-state index contributed by atoms with van der Waals surface area (Å²) in [6, 6.07) is 10.0. The number of carbonyl (C=O) groups is 1. The Balaban J connectivity index is 1.74. The molecule has 0 atom stereocenters. The molecular formula is C19H12F6N4O2. The topological polar surface area (TPSA) is 71.6 Å². The van der Waals surface area contributed by atoms with E-state index in [1.54, 1.807) is 0 Å². The summed E-state index contributed by atoms with van der Waals surface area (Å²) >= 11 is 0. The second-order valence-electron chi connectivity index (χ2n) is 6.16. The molecule has 162 valence electrons. The van der Waals surface area contributed by atoms with E-state index in [9.17, 15) is 31.1 Å². The predicted molar refractivity (Wildman–Crippen MR) is 95.9 cm³/mol. The summed E-state index contributed by atoms with van der Waals surface area (Å²) in [7, 11) is 1.19. The number of hydrogen-bond donors (Lipinski definition) is 0. The molecule has 1 heterocycles. The van der Waals surface area contributed by atoms with Gasteiger partial charge < -0.3 is 4.52 Å². The van der Waals surface area contributed by atoms with Crippen LogP contribution in [0.1, 0.15) is 27.4 Å². The second-order valence-corrected chi connectivity index (χ2v) is 6.16. The van der Waals surface area contributed by atoms with E-state index < -0.39 is 35.3 Å². The molecule has 0 fully saturated rings. The zero-order valence-corrected chi connectivity index (χ0v) is 15.6. The Kier molecular flexibility index (Phi) is 5.82. The van der Waals surface area contributed by atoms with Crippen LogP contribution in [0.5, 0.6) is 0 Å². The first-order valence-corrected chi connectivity index (χ1v) is 8.46. The molecule has 0 aliphatic rings. The Morgan fingerprint density at radius 3 is 2.23 bits per heavy atom. The highest BCUT2D eigenvalue weighted by molar-refractivity contribution is 5.96. The van der Waals surface area contributed by atoms with Crippen LogP contribution in [-0.4, -0.2) is 34.3 Å². The van der Waals surface area contributed by atoms with E-state index in [-0.39, 0.29) is 11.4 Å². The molecule has 0 bridgehead atoms. The molecule has 1 amide bonds. The number of aromatic nitrogens is 2. The average Bonchev–Trinajstić information content (AvgIpc) is 3.22. The van der Waals surface area contributed by atoms with Gasteiger partial charge in [0, 0.05) is 12.6 Å². The molecule has 0 aliphatic heterocycles. The van der Waals surface area contributed by atoms with Gasteiger partial charge in [0.15, 0.2) is 0 Å². The second kappa shape index (κ2) is 8.20. The van der Waals surface area contributed by atoms with Crippen molar-refractivity contribution in [3.63, 3.8) is 0 Å². The maximum atomic E-state index is 13.1. The van der Waals surface area contributed by atoms with Crippen LogP contribution in [0.25, 0.3) is 11.4 Å². The molecule has 0 aliphatic carbocycles. The van der Waals surface area contributed by atoms with Crippen LogP contribution in [0.15, 0.2) is 58.2 Å². The molecule has 0 radical (unpaired) electrons. The summed E-state index contributed by atoms with van der Waals surface area (Å²) < 4.78 is 81.0. The van der Waals surface area contributed by atoms with Gasteiger partial charge in [-0.15, -0.1) is 0 Å². The monoisotopic (exact) mass is 442 g/mol. The minimum Gasteiger partial charge on any atom is -0.329 e. The number of amides is 1. The van der Waals surface area contributed by atoms with Crippen LogP contribution >= 0.6 is 0 Å². The van der Waals surface area contributed by atoms with Crippen molar-refractivity contribution in [3.05, 3.63) is 71.1 Å². The number of hydrogen-bond acceptors (Lipinski definition) is 5. The van der Waals surface area contributed by atoms with Gasteiger partial charge in [-0.3, -0.25) is 4.79 Å². The average molecular weight is 442 g/mol. The molecule has 6 nitrogen and oxygen atoms in total. The summed E-state index contributed by atoms with van der Waals surface area (Å²) in [5, 5.41) is 7.83. The molecule has 0 unspecified atom stereocenters. The molecule has 12 heteroatoms. The van der Waals surface area contributed by atoms with Crippen LogP contribution in [0.4, 0.5) is 26.3 Å². The highest BCUT2D eigenvalue weighted by Gasteiger charge is 2.38. The van der Waals surface area contributed by atoms with Crippen molar-refractivity contribution in [3.8, 4) is 11.4 Å². The lowest BCUT2D eigenvalue weighted by Crippen LogP contribution is -2.24. The van der Waals surface area contributed by atoms with Gasteiger partial charge in [0.25, 0.3) is 5.91 Å². The first-order chi connectivity index (χ1) is 14.5. The number of rotatable bonds is 4. The summed E-state index contributed by atoms with van der Waals surface area (Å²) in [5.74, 6) is -2.72. The fourth-order valence-corrected chi connectivity index (χ4v) is 2.47. The van der Waals surface area contributed by atoms with Gasteiger partial charge in [-0.05, 0) is 17.7 Å². The smallest absolute Gasteiger partial charge is 0.329 e. The first kappa shape index (κ1) is 22.0. The molecule has 0 spiro atoms. The quantitative estimate of drug-likeness (QED) is 0.328. The van der Waals surface area contributed by atoms with E-state index in [2.05, 4.69) is 19.8 Å². The van der Waals surface area contributed by atoms with Crippen LogP contribution in [-0.2, 0) is 12.4 Å². The first-order valence-electron chi connectivity index (χ1n) is 8.46. The zero-order valence-electron chi connectivity index (χ0n) is 15.6. The Morgan fingerprint density at radius 2 is 1.65 bits per heavy atom. The lowest BCUT2D eigenvalue weighted by molar-refractivity contribution is -0.159. The van der Waals surface area contributed by atoms with Crippen LogP contribution in [0.3, 0.4) is 0 Å². The molecule has 1 aromatic heterocycles. The van der Waals surface area contributed by atoms with E-state index in [1.807, 2.05) is 0 Å². The fraction of sp³-hybridized carbons (Fsp3) is 0.158. The highest BCUT2D eigenvalue weighted by Crippen LogP contribution is 2.32. The maximum Gasteiger partial charge on any atom is 0.471 e. The van der Waals surface area contributed by atoms with E-state index in [4.69, 9.17) is 0 Å². The summed E-state index contributed by atoms with van der Waals surface area (Å²) in [4.78, 5) is 15.6. The maximum absolute atomic E-state index is 13.1. The summed E-state index contributed by atoms with van der Waals surface area (Å²) in [5.41, 5.74) is -0.973. The standard InChI is InChI=1S/C19H12F6N4O2/c1-29(16(30)13-4-2-3-5-14(13)18(20,21)22)26-10-11-6-8-12(9-7-11)15-27-17(31-28-15)19(23,24)25/h2-10H,1H3/b26-10+. The van der Waals surface area contributed by atoms with Crippen LogP contribution < -0.4 is 0 Å². The third kappa shape index (κ3) is 5.08. The van der Waals surface area contributed by atoms with Crippen molar-refractivity contribution in [2.45, 2.75) is 12.4 Å². The van der Waals surface area contributed by atoms with E-state index >= 15 is 0 Å². The van der Waals surface area contributed by atoms with Gasteiger partial charge in [-0.1, -0.05) is 41.6 Å². The Hall–Kier alpha value is -3.70. The number of halogens is 6. The highest BCUT2D eigenvalue weighted by atomic mass is 19.4. The van der Waals surface area contributed by atoms with Crippen LogP contribution in [0.2, 0.25) is 0 Å². The van der Waals surface area contributed by atoms with Crippen molar-refractivity contribution in [2.75, 3.05) is 7.05 Å². The largest absolute Gasteiger partial charge is 0.471 e. The number of alkyl halides is 6. The number of benzene rings is 2. The van der Waals surface area contributed by atoms with E-state index in [0.29, 0.717) is 5.56 Å². The summed E-state index contributed by atoms with van der Waals surface area (Å²) in [6.07, 6.45) is -8.26. The molecular weight excluding hydrogens is 430 g/mol. The fourth-order valence-electron chi connectivity index (χ4n) is 2.47. The molecule has 31 heavy (non-hydrogen) atoms. The molecule has 3 aromatic rings. The van der Waals surface area contributed by atoms with Gasteiger partial charge in [-0.2, -0.15) is 36.4 Å². The molecule has 0 N–H and O–H groups in total. The number of hydrazone groups is 1. The number of nitrogens with zero attached hydrogens (tertiary/aromatic N) is 4. The minimum atomic E-state index is -4.76. The SMILES string of the molecule is CN(/N=C/c1ccc(-c2noc(C(F)(F)F)n2)cc1)C(=O)c1ccccc1C(F)(F)F.